The number of rotatable bonds is 7. The Balaban J connectivity index is 2.06. The maximum absolute atomic E-state index is 12.5. The van der Waals surface area contributed by atoms with Crippen molar-refractivity contribution in [1.29, 1.82) is 0 Å². The van der Waals surface area contributed by atoms with Crippen molar-refractivity contribution < 1.29 is 14.3 Å². The first-order valence-electron chi connectivity index (χ1n) is 7.60. The van der Waals surface area contributed by atoms with Crippen molar-refractivity contribution in [3.8, 4) is 0 Å². The van der Waals surface area contributed by atoms with Gasteiger partial charge in [0.05, 0.1) is 18.6 Å². The largest absolute Gasteiger partial charge is 0.468 e. The van der Waals surface area contributed by atoms with Crippen LogP contribution in [0.4, 0.5) is 5.69 Å². The van der Waals surface area contributed by atoms with E-state index < -0.39 is 0 Å². The van der Waals surface area contributed by atoms with Gasteiger partial charge in [-0.25, -0.2) is 0 Å². The smallest absolute Gasteiger partial charge is 0.315 e. The minimum Gasteiger partial charge on any atom is -0.468 e. The van der Waals surface area contributed by atoms with Gasteiger partial charge in [0.1, 0.15) is 0 Å². The summed E-state index contributed by atoms with van der Waals surface area (Å²) in [5, 5.41) is 2.20. The average Bonchev–Trinajstić information content (AvgIpc) is 2.59. The number of ether oxygens (including phenoxy) is 1. The molecule has 2 aromatic rings. The molecule has 0 atom stereocenters. The maximum Gasteiger partial charge on any atom is 0.315 e. The van der Waals surface area contributed by atoms with Gasteiger partial charge in [0, 0.05) is 24.1 Å². The van der Waals surface area contributed by atoms with Crippen LogP contribution in [0, 0.1) is 0 Å². The molecule has 4 nitrogen and oxygen atoms in total. The lowest BCUT2D eigenvalue weighted by molar-refractivity contribution is -0.137. The van der Waals surface area contributed by atoms with Crippen LogP contribution >= 0.6 is 11.8 Å². The lowest BCUT2D eigenvalue weighted by Gasteiger charge is -2.22. The van der Waals surface area contributed by atoms with E-state index in [0.717, 1.165) is 16.5 Å². The molecule has 0 aliphatic carbocycles. The number of nitrogens with zero attached hydrogens (tertiary/aromatic N) is 1. The molecular formula is C18H21NO3S. The number of esters is 1. The summed E-state index contributed by atoms with van der Waals surface area (Å²) in [7, 11) is 1.37. The van der Waals surface area contributed by atoms with E-state index in [1.54, 1.807) is 4.90 Å². The molecule has 0 bridgehead atoms. The number of carbonyl (C=O) groups is 2. The molecule has 0 unspecified atom stereocenters. The standard InChI is InChI=1S/C18H21NO3S/c1-3-19(17(20)11-12-23-13-18(21)22-2)16-10-6-8-14-7-4-5-9-15(14)16/h4-10H,3,11-13H2,1-2H3. The van der Waals surface area contributed by atoms with Gasteiger partial charge in [-0.1, -0.05) is 36.4 Å². The summed E-state index contributed by atoms with van der Waals surface area (Å²) >= 11 is 1.42. The third-order valence-electron chi connectivity index (χ3n) is 3.58. The van der Waals surface area contributed by atoms with E-state index in [4.69, 9.17) is 0 Å². The van der Waals surface area contributed by atoms with Crippen molar-refractivity contribution in [2.75, 3.05) is 30.1 Å². The van der Waals surface area contributed by atoms with Gasteiger partial charge < -0.3 is 9.64 Å². The Hall–Kier alpha value is -2.01. The van der Waals surface area contributed by atoms with Crippen molar-refractivity contribution in [1.82, 2.24) is 0 Å². The van der Waals surface area contributed by atoms with Gasteiger partial charge in [0.2, 0.25) is 5.91 Å². The molecule has 0 fully saturated rings. The third kappa shape index (κ3) is 4.48. The average molecular weight is 331 g/mol. The van der Waals surface area contributed by atoms with E-state index in [1.807, 2.05) is 49.4 Å². The van der Waals surface area contributed by atoms with E-state index in [9.17, 15) is 9.59 Å². The number of anilines is 1. The predicted octanol–water partition coefficient (Wildman–Crippen LogP) is 3.49. The fourth-order valence-electron chi connectivity index (χ4n) is 2.43. The summed E-state index contributed by atoms with van der Waals surface area (Å²) in [5.74, 6) is 0.699. The zero-order valence-corrected chi connectivity index (χ0v) is 14.3. The Bertz CT molecular complexity index is 682. The first-order chi connectivity index (χ1) is 11.2. The summed E-state index contributed by atoms with van der Waals surface area (Å²) in [6.45, 7) is 2.59. The number of thioether (sulfide) groups is 1. The molecule has 1 amide bonds. The van der Waals surface area contributed by atoms with Gasteiger partial charge in [-0.05, 0) is 18.4 Å². The highest BCUT2D eigenvalue weighted by Crippen LogP contribution is 2.27. The Labute approximate surface area is 140 Å². The van der Waals surface area contributed by atoms with Crippen LogP contribution in [-0.4, -0.2) is 37.0 Å². The number of carbonyl (C=O) groups excluding carboxylic acids is 2. The molecule has 2 aromatic carbocycles. The van der Waals surface area contributed by atoms with Crippen molar-refractivity contribution in [3.63, 3.8) is 0 Å². The SMILES string of the molecule is CCN(C(=O)CCSCC(=O)OC)c1cccc2ccccc12. The molecular weight excluding hydrogens is 310 g/mol. The first-order valence-corrected chi connectivity index (χ1v) is 8.75. The summed E-state index contributed by atoms with van der Waals surface area (Å²) < 4.78 is 4.59. The first kappa shape index (κ1) is 17.3. The Morgan fingerprint density at radius 2 is 1.87 bits per heavy atom. The van der Waals surface area contributed by atoms with Crippen LogP contribution in [0.5, 0.6) is 0 Å². The van der Waals surface area contributed by atoms with Crippen molar-refractivity contribution in [2.45, 2.75) is 13.3 Å². The van der Waals surface area contributed by atoms with Crippen LogP contribution in [-0.2, 0) is 14.3 Å². The van der Waals surface area contributed by atoms with E-state index in [1.165, 1.54) is 18.9 Å². The van der Waals surface area contributed by atoms with Gasteiger partial charge in [-0.3, -0.25) is 9.59 Å². The zero-order chi connectivity index (χ0) is 16.7. The molecule has 23 heavy (non-hydrogen) atoms. The minimum atomic E-state index is -0.260. The zero-order valence-electron chi connectivity index (χ0n) is 13.5. The predicted molar refractivity (Wildman–Crippen MR) is 95.9 cm³/mol. The van der Waals surface area contributed by atoms with Crippen LogP contribution in [0.25, 0.3) is 10.8 Å². The number of benzene rings is 2. The summed E-state index contributed by atoms with van der Waals surface area (Å²) in [6, 6.07) is 14.0. The number of amides is 1. The van der Waals surface area contributed by atoms with Crippen molar-refractivity contribution >= 4 is 40.1 Å². The van der Waals surface area contributed by atoms with Crippen LogP contribution in [0.3, 0.4) is 0 Å². The second-order valence-corrected chi connectivity index (χ2v) is 6.12. The summed E-state index contributed by atoms with van der Waals surface area (Å²) in [6.07, 6.45) is 0.402. The van der Waals surface area contributed by atoms with Gasteiger partial charge in [0.25, 0.3) is 0 Å². The molecule has 0 radical (unpaired) electrons. The lowest BCUT2D eigenvalue weighted by atomic mass is 10.1. The molecule has 0 saturated heterocycles. The van der Waals surface area contributed by atoms with E-state index >= 15 is 0 Å². The van der Waals surface area contributed by atoms with Crippen molar-refractivity contribution in [3.05, 3.63) is 42.5 Å². The quantitative estimate of drug-likeness (QED) is 0.575. The van der Waals surface area contributed by atoms with Crippen LogP contribution < -0.4 is 4.90 Å². The molecule has 5 heteroatoms. The Kier molecular flexibility index (Phi) is 6.47. The van der Waals surface area contributed by atoms with E-state index in [2.05, 4.69) is 4.74 Å². The number of fused-ring (bicyclic) bond motifs is 1. The second-order valence-electron chi connectivity index (χ2n) is 5.01. The van der Waals surface area contributed by atoms with Gasteiger partial charge in [0.15, 0.2) is 0 Å². The molecule has 0 aromatic heterocycles. The normalized spacial score (nSPS) is 10.5. The molecule has 0 aliphatic heterocycles. The summed E-state index contributed by atoms with van der Waals surface area (Å²) in [5.41, 5.74) is 0.938. The number of hydrogen-bond donors (Lipinski definition) is 0. The molecule has 122 valence electrons. The molecule has 0 spiro atoms. The summed E-state index contributed by atoms with van der Waals surface area (Å²) in [4.78, 5) is 25.4. The topological polar surface area (TPSA) is 46.6 Å². The highest BCUT2D eigenvalue weighted by molar-refractivity contribution is 7.99. The van der Waals surface area contributed by atoms with Gasteiger partial charge in [-0.15, -0.1) is 11.8 Å². The number of hydrogen-bond acceptors (Lipinski definition) is 4. The molecule has 0 saturated carbocycles. The molecule has 2 rings (SSSR count). The fraction of sp³-hybridized carbons (Fsp3) is 0.333. The Morgan fingerprint density at radius 1 is 1.13 bits per heavy atom. The second kappa shape index (κ2) is 8.58. The fourth-order valence-corrected chi connectivity index (χ4v) is 3.18. The molecule has 0 aliphatic rings. The maximum atomic E-state index is 12.5. The lowest BCUT2D eigenvalue weighted by Crippen LogP contribution is -2.31. The highest BCUT2D eigenvalue weighted by Gasteiger charge is 2.16. The monoisotopic (exact) mass is 331 g/mol. The molecule has 0 heterocycles. The van der Waals surface area contributed by atoms with Crippen molar-refractivity contribution in [2.24, 2.45) is 0 Å². The van der Waals surface area contributed by atoms with E-state index in [-0.39, 0.29) is 17.6 Å². The van der Waals surface area contributed by atoms with E-state index in [0.29, 0.717) is 18.7 Å². The Morgan fingerprint density at radius 3 is 2.61 bits per heavy atom. The van der Waals surface area contributed by atoms with Gasteiger partial charge >= 0.3 is 5.97 Å². The number of methoxy groups -OCH3 is 1. The van der Waals surface area contributed by atoms with Crippen LogP contribution in [0.15, 0.2) is 42.5 Å². The minimum absolute atomic E-state index is 0.0706. The molecule has 0 N–H and O–H groups in total. The highest BCUT2D eigenvalue weighted by atomic mass is 32.2. The van der Waals surface area contributed by atoms with Gasteiger partial charge in [-0.2, -0.15) is 0 Å². The third-order valence-corrected chi connectivity index (χ3v) is 4.52. The van der Waals surface area contributed by atoms with Crippen LogP contribution in [0.1, 0.15) is 13.3 Å². The van der Waals surface area contributed by atoms with Crippen LogP contribution in [0.2, 0.25) is 0 Å².